The zero-order valence-electron chi connectivity index (χ0n) is 12.6. The van der Waals surface area contributed by atoms with Crippen molar-refractivity contribution < 1.29 is 17.5 Å². The molecule has 0 unspecified atom stereocenters. The summed E-state index contributed by atoms with van der Waals surface area (Å²) in [6.07, 6.45) is 2.54. The molecule has 0 aromatic heterocycles. The Bertz CT molecular complexity index is 631. The van der Waals surface area contributed by atoms with E-state index in [9.17, 15) is 12.8 Å². The van der Waals surface area contributed by atoms with Gasteiger partial charge in [0, 0.05) is 31.2 Å². The molecule has 0 atom stereocenters. The van der Waals surface area contributed by atoms with E-state index >= 15 is 0 Å². The molecule has 0 amide bonds. The Morgan fingerprint density at radius 3 is 2.59 bits per heavy atom. The average Bonchev–Trinajstić information content (AvgIpc) is 2.44. The molecule has 22 heavy (non-hydrogen) atoms. The number of hydrogen-bond donors (Lipinski definition) is 1. The highest BCUT2D eigenvalue weighted by Crippen LogP contribution is 2.31. The Kier molecular flexibility index (Phi) is 5.65. The summed E-state index contributed by atoms with van der Waals surface area (Å²) >= 11 is 6.17. The predicted octanol–water partition coefficient (Wildman–Crippen LogP) is 2.00. The number of ether oxygens (including phenoxy) is 1. The second-order valence-corrected chi connectivity index (χ2v) is 7.64. The first-order valence-electron chi connectivity index (χ1n) is 7.00. The summed E-state index contributed by atoms with van der Waals surface area (Å²) in [5.74, 6) is 0.0916. The number of sulfonamides is 1. The first kappa shape index (κ1) is 17.5. The summed E-state index contributed by atoms with van der Waals surface area (Å²) in [7, 11) is -1.70. The molecule has 124 valence electrons. The van der Waals surface area contributed by atoms with E-state index in [1.54, 1.807) is 0 Å². The van der Waals surface area contributed by atoms with Crippen molar-refractivity contribution in [2.45, 2.75) is 25.4 Å². The molecule has 1 fully saturated rings. The second-order valence-electron chi connectivity index (χ2n) is 5.48. The van der Waals surface area contributed by atoms with Crippen LogP contribution in [0.5, 0.6) is 5.75 Å². The van der Waals surface area contributed by atoms with Crippen molar-refractivity contribution in [2.24, 2.45) is 0 Å². The van der Waals surface area contributed by atoms with Gasteiger partial charge in [-0.1, -0.05) is 11.6 Å². The van der Waals surface area contributed by atoms with Crippen LogP contribution in [0.15, 0.2) is 12.1 Å². The summed E-state index contributed by atoms with van der Waals surface area (Å²) in [4.78, 5) is 2.06. The quantitative estimate of drug-likeness (QED) is 0.882. The topological polar surface area (TPSA) is 58.6 Å². The largest absolute Gasteiger partial charge is 0.495 e. The maximum atomic E-state index is 14.0. The van der Waals surface area contributed by atoms with Crippen LogP contribution in [0.1, 0.15) is 18.4 Å². The SMILES string of the molecule is COc1ccc(F)c(CN2CCC(NS(C)(=O)=O)CC2)c1Cl. The van der Waals surface area contributed by atoms with Crippen LogP contribution >= 0.6 is 11.6 Å². The number of nitrogens with zero attached hydrogens (tertiary/aromatic N) is 1. The highest BCUT2D eigenvalue weighted by atomic mass is 35.5. The molecule has 1 aromatic rings. The Labute approximate surface area is 135 Å². The van der Waals surface area contributed by atoms with E-state index in [0.717, 1.165) is 6.26 Å². The molecule has 0 spiro atoms. The van der Waals surface area contributed by atoms with Crippen LogP contribution in [0.2, 0.25) is 5.02 Å². The molecule has 0 bridgehead atoms. The Balaban J connectivity index is 1.99. The smallest absolute Gasteiger partial charge is 0.208 e. The predicted molar refractivity (Wildman–Crippen MR) is 84.2 cm³/mol. The lowest BCUT2D eigenvalue weighted by atomic mass is 10.0. The lowest BCUT2D eigenvalue weighted by Gasteiger charge is -2.32. The van der Waals surface area contributed by atoms with Crippen LogP contribution in [-0.2, 0) is 16.6 Å². The number of piperidine rings is 1. The van der Waals surface area contributed by atoms with E-state index in [1.165, 1.54) is 19.2 Å². The summed E-state index contributed by atoms with van der Waals surface area (Å²) in [6, 6.07) is 2.79. The molecular weight excluding hydrogens is 331 g/mol. The third-order valence-corrected chi connectivity index (χ3v) is 4.90. The van der Waals surface area contributed by atoms with Gasteiger partial charge in [0.1, 0.15) is 11.6 Å². The number of halogens is 2. The fourth-order valence-corrected chi connectivity index (χ4v) is 3.75. The van der Waals surface area contributed by atoms with E-state index in [2.05, 4.69) is 9.62 Å². The van der Waals surface area contributed by atoms with Crippen molar-refractivity contribution in [1.29, 1.82) is 0 Å². The van der Waals surface area contributed by atoms with Gasteiger partial charge in [-0.25, -0.2) is 17.5 Å². The minimum Gasteiger partial charge on any atom is -0.495 e. The zero-order chi connectivity index (χ0) is 16.3. The van der Waals surface area contributed by atoms with E-state index in [1.807, 2.05) is 0 Å². The third-order valence-electron chi connectivity index (χ3n) is 3.72. The Morgan fingerprint density at radius 1 is 1.41 bits per heavy atom. The van der Waals surface area contributed by atoms with Crippen LogP contribution < -0.4 is 9.46 Å². The van der Waals surface area contributed by atoms with Crippen LogP contribution in [0.4, 0.5) is 4.39 Å². The molecule has 8 heteroatoms. The van der Waals surface area contributed by atoms with Crippen molar-refractivity contribution in [3.05, 3.63) is 28.5 Å². The first-order chi connectivity index (χ1) is 10.3. The van der Waals surface area contributed by atoms with Gasteiger partial charge in [0.25, 0.3) is 0 Å². The van der Waals surface area contributed by atoms with Crippen LogP contribution in [0.3, 0.4) is 0 Å². The molecule has 1 aromatic carbocycles. The third kappa shape index (κ3) is 4.55. The van der Waals surface area contributed by atoms with Gasteiger partial charge in [0.15, 0.2) is 0 Å². The number of benzene rings is 1. The first-order valence-corrected chi connectivity index (χ1v) is 9.27. The molecule has 0 radical (unpaired) electrons. The van der Waals surface area contributed by atoms with Gasteiger partial charge in [-0.3, -0.25) is 4.90 Å². The maximum absolute atomic E-state index is 14.0. The van der Waals surface area contributed by atoms with Gasteiger partial charge >= 0.3 is 0 Å². The van der Waals surface area contributed by atoms with Gasteiger partial charge in [0.2, 0.25) is 10.0 Å². The molecule has 1 heterocycles. The maximum Gasteiger partial charge on any atom is 0.208 e. The van der Waals surface area contributed by atoms with Crippen molar-refractivity contribution >= 4 is 21.6 Å². The molecular formula is C14H20ClFN2O3S. The minimum absolute atomic E-state index is 0.0584. The normalized spacial score (nSPS) is 17.6. The van der Waals surface area contributed by atoms with Crippen molar-refractivity contribution in [2.75, 3.05) is 26.5 Å². The fraction of sp³-hybridized carbons (Fsp3) is 0.571. The number of nitrogens with one attached hydrogen (secondary N) is 1. The zero-order valence-corrected chi connectivity index (χ0v) is 14.2. The lowest BCUT2D eigenvalue weighted by Crippen LogP contribution is -2.44. The fourth-order valence-electron chi connectivity index (χ4n) is 2.61. The highest BCUT2D eigenvalue weighted by molar-refractivity contribution is 7.88. The molecule has 1 saturated heterocycles. The summed E-state index contributed by atoms with van der Waals surface area (Å²) in [5.41, 5.74) is 0.413. The van der Waals surface area contributed by atoms with Crippen LogP contribution in [0, 0.1) is 5.82 Å². The summed E-state index contributed by atoms with van der Waals surface area (Å²) in [5, 5.41) is 0.291. The van der Waals surface area contributed by atoms with Gasteiger partial charge in [-0.2, -0.15) is 0 Å². The van der Waals surface area contributed by atoms with Gasteiger partial charge in [-0.05, 0) is 25.0 Å². The minimum atomic E-state index is -3.19. The van der Waals surface area contributed by atoms with Crippen molar-refractivity contribution in [3.63, 3.8) is 0 Å². The summed E-state index contributed by atoms with van der Waals surface area (Å²) in [6.45, 7) is 1.74. The van der Waals surface area contributed by atoms with Gasteiger partial charge in [0.05, 0.1) is 18.4 Å². The molecule has 0 saturated carbocycles. The molecule has 1 aliphatic heterocycles. The van der Waals surface area contributed by atoms with Crippen molar-refractivity contribution in [1.82, 2.24) is 9.62 Å². The second kappa shape index (κ2) is 7.12. The molecule has 1 aliphatic rings. The molecule has 2 rings (SSSR count). The van der Waals surface area contributed by atoms with Gasteiger partial charge < -0.3 is 4.74 Å². The average molecular weight is 351 g/mol. The highest BCUT2D eigenvalue weighted by Gasteiger charge is 2.23. The van der Waals surface area contributed by atoms with Gasteiger partial charge in [-0.15, -0.1) is 0 Å². The molecule has 1 N–H and O–H groups in total. The van der Waals surface area contributed by atoms with E-state index in [-0.39, 0.29) is 11.9 Å². The summed E-state index contributed by atoms with van der Waals surface area (Å²) < 4.78 is 44.1. The lowest BCUT2D eigenvalue weighted by molar-refractivity contribution is 0.197. The van der Waals surface area contributed by atoms with Crippen LogP contribution in [-0.4, -0.2) is 45.8 Å². The standard InChI is InChI=1S/C14H20ClFN2O3S/c1-21-13-4-3-12(16)11(14(13)15)9-18-7-5-10(6-8-18)17-22(2,19)20/h3-4,10,17H,5-9H2,1-2H3. The molecule has 5 nitrogen and oxygen atoms in total. The van der Waals surface area contributed by atoms with E-state index in [0.29, 0.717) is 48.8 Å². The molecule has 0 aliphatic carbocycles. The number of hydrogen-bond acceptors (Lipinski definition) is 4. The van der Waals surface area contributed by atoms with Crippen molar-refractivity contribution in [3.8, 4) is 5.75 Å². The Morgan fingerprint density at radius 2 is 2.05 bits per heavy atom. The number of rotatable bonds is 5. The number of methoxy groups -OCH3 is 1. The van der Waals surface area contributed by atoms with E-state index in [4.69, 9.17) is 16.3 Å². The van der Waals surface area contributed by atoms with Crippen LogP contribution in [0.25, 0.3) is 0 Å². The Hall–Kier alpha value is -0.890. The monoisotopic (exact) mass is 350 g/mol. The van der Waals surface area contributed by atoms with E-state index < -0.39 is 10.0 Å². The number of likely N-dealkylation sites (tertiary alicyclic amines) is 1.